The number of anilines is 1. The van der Waals surface area contributed by atoms with Crippen molar-refractivity contribution in [3.05, 3.63) is 28.8 Å². The molecule has 0 radical (unpaired) electrons. The maximum atomic E-state index is 11.9. The Morgan fingerprint density at radius 3 is 2.84 bits per heavy atom. The molecule has 1 aromatic carbocycles. The van der Waals surface area contributed by atoms with Gasteiger partial charge in [-0.2, -0.15) is 0 Å². The van der Waals surface area contributed by atoms with Crippen molar-refractivity contribution >= 4 is 29.0 Å². The van der Waals surface area contributed by atoms with E-state index in [2.05, 4.69) is 5.32 Å². The molecule has 1 aromatic rings. The van der Waals surface area contributed by atoms with Crippen molar-refractivity contribution in [2.75, 3.05) is 18.0 Å². The van der Waals surface area contributed by atoms with Gasteiger partial charge in [0.15, 0.2) is 0 Å². The van der Waals surface area contributed by atoms with Gasteiger partial charge in [-0.25, -0.2) is 0 Å². The van der Waals surface area contributed by atoms with Crippen LogP contribution in [0.5, 0.6) is 0 Å². The fourth-order valence-corrected chi connectivity index (χ4v) is 2.50. The van der Waals surface area contributed by atoms with E-state index in [9.17, 15) is 9.59 Å². The predicted molar refractivity (Wildman–Crippen MR) is 73.8 cm³/mol. The molecule has 4 nitrogen and oxygen atoms in total. The van der Waals surface area contributed by atoms with Crippen LogP contribution in [0.15, 0.2) is 18.2 Å². The fraction of sp³-hybridized carbons (Fsp3) is 0.429. The summed E-state index contributed by atoms with van der Waals surface area (Å²) in [4.78, 5) is 25.3. The number of nitrogens with one attached hydrogen (secondary N) is 1. The number of hydrogen-bond acceptors (Lipinski definition) is 3. The molecule has 1 N–H and O–H groups in total. The lowest BCUT2D eigenvalue weighted by atomic mass is 10.1. The molecule has 0 bridgehead atoms. The summed E-state index contributed by atoms with van der Waals surface area (Å²) < 4.78 is 0. The number of nitrogens with zero attached hydrogens (tertiary/aromatic N) is 1. The Morgan fingerprint density at radius 2 is 2.11 bits per heavy atom. The quantitative estimate of drug-likeness (QED) is 0.662. The molecule has 1 saturated carbocycles. The third kappa shape index (κ3) is 2.51. The van der Waals surface area contributed by atoms with Crippen molar-refractivity contribution < 1.29 is 9.59 Å². The fourth-order valence-electron chi connectivity index (χ4n) is 2.33. The van der Waals surface area contributed by atoms with Crippen LogP contribution in [-0.2, 0) is 4.79 Å². The molecule has 0 unspecified atom stereocenters. The largest absolute Gasteiger partial charge is 0.314 e. The summed E-state index contributed by atoms with van der Waals surface area (Å²) >= 11 is 5.86. The third-order valence-electron chi connectivity index (χ3n) is 3.50. The summed E-state index contributed by atoms with van der Waals surface area (Å²) in [6.45, 7) is 1.45. The SMILES string of the molecule is O=C1C(=O)N(CCCNC2CC2)c2ccc(Cl)cc21. The maximum Gasteiger partial charge on any atom is 0.299 e. The second-order valence-corrected chi connectivity index (χ2v) is 5.47. The number of amides is 1. The lowest BCUT2D eigenvalue weighted by Crippen LogP contribution is -2.32. The molecule has 1 amide bonds. The molecule has 0 atom stereocenters. The molecule has 0 saturated heterocycles. The van der Waals surface area contributed by atoms with Crippen LogP contribution < -0.4 is 10.2 Å². The van der Waals surface area contributed by atoms with E-state index in [0.717, 1.165) is 13.0 Å². The average molecular weight is 279 g/mol. The maximum absolute atomic E-state index is 11.9. The van der Waals surface area contributed by atoms with Gasteiger partial charge in [0.05, 0.1) is 11.3 Å². The zero-order chi connectivity index (χ0) is 13.4. The highest BCUT2D eigenvalue weighted by Crippen LogP contribution is 2.31. The van der Waals surface area contributed by atoms with Gasteiger partial charge in [0, 0.05) is 17.6 Å². The van der Waals surface area contributed by atoms with Crippen molar-refractivity contribution in [2.24, 2.45) is 0 Å². The molecular weight excluding hydrogens is 264 g/mol. The Bertz CT molecular complexity index is 540. The van der Waals surface area contributed by atoms with Crippen LogP contribution in [0.4, 0.5) is 5.69 Å². The van der Waals surface area contributed by atoms with Crippen LogP contribution in [-0.4, -0.2) is 30.8 Å². The van der Waals surface area contributed by atoms with E-state index in [1.807, 2.05) is 0 Å². The number of ketones is 1. The van der Waals surface area contributed by atoms with Crippen LogP contribution in [0.3, 0.4) is 0 Å². The first-order valence-electron chi connectivity index (χ1n) is 6.56. The first-order chi connectivity index (χ1) is 9.16. The van der Waals surface area contributed by atoms with Crippen molar-refractivity contribution in [1.82, 2.24) is 5.32 Å². The minimum absolute atomic E-state index is 0.424. The summed E-state index contributed by atoms with van der Waals surface area (Å²) in [6.07, 6.45) is 3.35. The zero-order valence-electron chi connectivity index (χ0n) is 10.5. The topological polar surface area (TPSA) is 49.4 Å². The smallest absolute Gasteiger partial charge is 0.299 e. The van der Waals surface area contributed by atoms with Gasteiger partial charge < -0.3 is 10.2 Å². The number of rotatable bonds is 5. The Kier molecular flexibility index (Phi) is 3.29. The molecule has 1 heterocycles. The summed E-state index contributed by atoms with van der Waals surface area (Å²) in [5.74, 6) is -0.892. The van der Waals surface area contributed by atoms with Crippen LogP contribution in [0.2, 0.25) is 5.02 Å². The molecule has 0 aromatic heterocycles. The molecule has 1 fully saturated rings. The van der Waals surface area contributed by atoms with Gasteiger partial charge in [-0.15, -0.1) is 0 Å². The second-order valence-electron chi connectivity index (χ2n) is 5.03. The molecule has 100 valence electrons. The Hall–Kier alpha value is -1.39. The van der Waals surface area contributed by atoms with E-state index in [0.29, 0.717) is 28.9 Å². The Morgan fingerprint density at radius 1 is 1.32 bits per heavy atom. The average Bonchev–Trinajstić information content (AvgIpc) is 3.18. The Balaban J connectivity index is 1.67. The van der Waals surface area contributed by atoms with E-state index in [-0.39, 0.29) is 0 Å². The summed E-state index contributed by atoms with van der Waals surface area (Å²) in [7, 11) is 0. The molecule has 0 spiro atoms. The van der Waals surface area contributed by atoms with E-state index in [4.69, 9.17) is 11.6 Å². The van der Waals surface area contributed by atoms with E-state index in [1.54, 1.807) is 23.1 Å². The van der Waals surface area contributed by atoms with Crippen LogP contribution >= 0.6 is 11.6 Å². The van der Waals surface area contributed by atoms with Gasteiger partial charge in [0.2, 0.25) is 0 Å². The van der Waals surface area contributed by atoms with Gasteiger partial charge in [-0.1, -0.05) is 11.6 Å². The summed E-state index contributed by atoms with van der Waals surface area (Å²) in [6, 6.07) is 5.69. The normalized spacial score (nSPS) is 18.1. The molecular formula is C14H15ClN2O2. The predicted octanol–water partition coefficient (Wildman–Crippen LogP) is 2.01. The first kappa shape index (κ1) is 12.6. The zero-order valence-corrected chi connectivity index (χ0v) is 11.2. The van der Waals surface area contributed by atoms with Crippen molar-refractivity contribution in [1.29, 1.82) is 0 Å². The Labute approximate surface area is 116 Å². The van der Waals surface area contributed by atoms with Crippen LogP contribution in [0.25, 0.3) is 0 Å². The number of carbonyl (C=O) groups is 2. The number of fused-ring (bicyclic) bond motifs is 1. The summed E-state index contributed by atoms with van der Waals surface area (Å²) in [5, 5.41) is 3.88. The number of halogens is 1. The number of carbonyl (C=O) groups excluding carboxylic acids is 2. The van der Waals surface area contributed by atoms with Gasteiger partial charge in [0.1, 0.15) is 0 Å². The van der Waals surface area contributed by atoms with Gasteiger partial charge in [0.25, 0.3) is 11.7 Å². The van der Waals surface area contributed by atoms with Crippen molar-refractivity contribution in [3.63, 3.8) is 0 Å². The minimum atomic E-state index is -0.451. The molecule has 1 aliphatic heterocycles. The number of Topliss-reactive ketones (excluding diaryl/α,β-unsaturated/α-hetero) is 1. The third-order valence-corrected chi connectivity index (χ3v) is 3.74. The standard InChI is InChI=1S/C14H15ClN2O2/c15-9-2-5-12-11(8-9)13(18)14(19)17(12)7-1-6-16-10-3-4-10/h2,5,8,10,16H,1,3-4,6-7H2. The van der Waals surface area contributed by atoms with Gasteiger partial charge in [-0.05, 0) is 44.0 Å². The van der Waals surface area contributed by atoms with Gasteiger partial charge in [-0.3, -0.25) is 9.59 Å². The first-order valence-corrected chi connectivity index (χ1v) is 6.94. The van der Waals surface area contributed by atoms with Crippen LogP contribution in [0.1, 0.15) is 29.6 Å². The van der Waals surface area contributed by atoms with E-state index in [1.165, 1.54) is 12.8 Å². The molecule has 5 heteroatoms. The summed E-state index contributed by atoms with van der Waals surface area (Å²) in [5.41, 5.74) is 1.11. The lowest BCUT2D eigenvalue weighted by Gasteiger charge is -2.16. The minimum Gasteiger partial charge on any atom is -0.314 e. The second kappa shape index (κ2) is 4.94. The molecule has 19 heavy (non-hydrogen) atoms. The molecule has 1 aliphatic carbocycles. The number of hydrogen-bond donors (Lipinski definition) is 1. The van der Waals surface area contributed by atoms with E-state index >= 15 is 0 Å². The van der Waals surface area contributed by atoms with E-state index < -0.39 is 11.7 Å². The number of benzene rings is 1. The highest BCUT2D eigenvalue weighted by molar-refractivity contribution is 6.52. The highest BCUT2D eigenvalue weighted by atomic mass is 35.5. The monoisotopic (exact) mass is 278 g/mol. The van der Waals surface area contributed by atoms with Crippen molar-refractivity contribution in [3.8, 4) is 0 Å². The van der Waals surface area contributed by atoms with Gasteiger partial charge >= 0.3 is 0 Å². The lowest BCUT2D eigenvalue weighted by molar-refractivity contribution is -0.114. The molecule has 3 rings (SSSR count). The molecule has 2 aliphatic rings. The highest BCUT2D eigenvalue weighted by Gasteiger charge is 2.35. The van der Waals surface area contributed by atoms with Crippen LogP contribution in [0, 0.1) is 0 Å². The van der Waals surface area contributed by atoms with Crippen molar-refractivity contribution in [2.45, 2.75) is 25.3 Å².